The second-order valence-electron chi connectivity index (χ2n) is 2.89. The monoisotopic (exact) mass is 256 g/mol. The summed E-state index contributed by atoms with van der Waals surface area (Å²) in [5.74, 6) is -1.15. The SMILES string of the molecule is O=C(O)c1cnc(=O)[nH]c1-c1ccc(Cl)s1. The van der Waals surface area contributed by atoms with Crippen LogP contribution < -0.4 is 5.69 Å². The Morgan fingerprint density at radius 2 is 2.25 bits per heavy atom. The molecule has 0 aromatic carbocycles. The molecule has 7 heteroatoms. The second kappa shape index (κ2) is 4.07. The highest BCUT2D eigenvalue weighted by Crippen LogP contribution is 2.30. The molecule has 5 nitrogen and oxygen atoms in total. The Kier molecular flexibility index (Phi) is 2.76. The molecule has 0 atom stereocenters. The van der Waals surface area contributed by atoms with Crippen LogP contribution in [0.15, 0.2) is 23.1 Å². The number of carbonyl (C=O) groups is 1. The molecule has 2 aromatic rings. The Morgan fingerprint density at radius 3 is 2.81 bits per heavy atom. The first-order chi connectivity index (χ1) is 7.58. The van der Waals surface area contributed by atoms with E-state index in [1.165, 1.54) is 11.3 Å². The molecular formula is C9H5ClN2O3S. The van der Waals surface area contributed by atoms with Crippen LogP contribution in [-0.2, 0) is 0 Å². The van der Waals surface area contributed by atoms with E-state index in [1.54, 1.807) is 12.1 Å². The fourth-order valence-electron chi connectivity index (χ4n) is 1.20. The van der Waals surface area contributed by atoms with Crippen molar-refractivity contribution in [2.75, 3.05) is 0 Å². The summed E-state index contributed by atoms with van der Waals surface area (Å²) in [4.78, 5) is 28.3. The molecule has 0 aliphatic carbocycles. The van der Waals surface area contributed by atoms with Gasteiger partial charge in [0.05, 0.1) is 14.9 Å². The number of H-pyrrole nitrogens is 1. The Bertz CT molecular complexity index is 605. The third-order valence-electron chi connectivity index (χ3n) is 1.86. The van der Waals surface area contributed by atoms with Crippen LogP contribution >= 0.6 is 22.9 Å². The fraction of sp³-hybridized carbons (Fsp3) is 0. The molecule has 2 aromatic heterocycles. The average Bonchev–Trinajstić information content (AvgIpc) is 2.64. The first-order valence-electron chi connectivity index (χ1n) is 4.16. The first-order valence-corrected chi connectivity index (χ1v) is 5.35. The van der Waals surface area contributed by atoms with Crippen LogP contribution in [0.1, 0.15) is 10.4 Å². The van der Waals surface area contributed by atoms with Crippen molar-refractivity contribution in [2.24, 2.45) is 0 Å². The van der Waals surface area contributed by atoms with Crippen LogP contribution in [0.5, 0.6) is 0 Å². The van der Waals surface area contributed by atoms with E-state index in [0.717, 1.165) is 6.20 Å². The molecule has 0 saturated heterocycles. The van der Waals surface area contributed by atoms with Gasteiger partial charge in [-0.05, 0) is 12.1 Å². The van der Waals surface area contributed by atoms with Gasteiger partial charge in [0.2, 0.25) is 0 Å². The molecule has 2 heterocycles. The minimum Gasteiger partial charge on any atom is -0.478 e. The number of carboxylic acid groups (broad SMARTS) is 1. The quantitative estimate of drug-likeness (QED) is 0.859. The van der Waals surface area contributed by atoms with Crippen molar-refractivity contribution in [2.45, 2.75) is 0 Å². The lowest BCUT2D eigenvalue weighted by atomic mass is 10.2. The highest BCUT2D eigenvalue weighted by Gasteiger charge is 2.14. The summed E-state index contributed by atoms with van der Waals surface area (Å²) >= 11 is 6.93. The Hall–Kier alpha value is -1.66. The molecule has 82 valence electrons. The van der Waals surface area contributed by atoms with E-state index >= 15 is 0 Å². The predicted octanol–water partition coefficient (Wildman–Crippen LogP) is 1.85. The van der Waals surface area contributed by atoms with Crippen LogP contribution in [0.4, 0.5) is 0 Å². The minimum atomic E-state index is -1.15. The predicted molar refractivity (Wildman–Crippen MR) is 60.1 cm³/mol. The van der Waals surface area contributed by atoms with Gasteiger partial charge < -0.3 is 10.1 Å². The lowest BCUT2D eigenvalue weighted by Crippen LogP contribution is -2.14. The smallest absolute Gasteiger partial charge is 0.345 e. The van der Waals surface area contributed by atoms with Crippen molar-refractivity contribution in [3.63, 3.8) is 0 Å². The molecule has 0 amide bonds. The largest absolute Gasteiger partial charge is 0.478 e. The van der Waals surface area contributed by atoms with Crippen molar-refractivity contribution in [1.82, 2.24) is 9.97 Å². The van der Waals surface area contributed by atoms with Crippen LogP contribution in [0, 0.1) is 0 Å². The lowest BCUT2D eigenvalue weighted by molar-refractivity contribution is 0.0697. The van der Waals surface area contributed by atoms with E-state index in [4.69, 9.17) is 16.7 Å². The lowest BCUT2D eigenvalue weighted by Gasteiger charge is -2.01. The minimum absolute atomic E-state index is 0.0573. The highest BCUT2D eigenvalue weighted by atomic mass is 35.5. The van der Waals surface area contributed by atoms with Crippen molar-refractivity contribution in [3.8, 4) is 10.6 Å². The summed E-state index contributed by atoms with van der Waals surface area (Å²) in [5.41, 5.74) is -0.424. The van der Waals surface area contributed by atoms with Gasteiger partial charge in [-0.2, -0.15) is 0 Å². The standard InChI is InChI=1S/C9H5ClN2O3S/c10-6-2-1-5(16-6)7-4(8(13)14)3-11-9(15)12-7/h1-3H,(H,13,14)(H,11,12,15). The van der Waals surface area contributed by atoms with Gasteiger partial charge in [-0.3, -0.25) is 0 Å². The number of aromatic amines is 1. The first kappa shape index (κ1) is 10.8. The Morgan fingerprint density at radius 1 is 1.50 bits per heavy atom. The van der Waals surface area contributed by atoms with Gasteiger partial charge in [-0.1, -0.05) is 11.6 Å². The van der Waals surface area contributed by atoms with Gasteiger partial charge >= 0.3 is 11.7 Å². The molecule has 16 heavy (non-hydrogen) atoms. The van der Waals surface area contributed by atoms with Crippen LogP contribution in [0.2, 0.25) is 4.34 Å². The Balaban J connectivity index is 2.67. The van der Waals surface area contributed by atoms with Crippen molar-refractivity contribution in [3.05, 3.63) is 38.7 Å². The van der Waals surface area contributed by atoms with E-state index < -0.39 is 11.7 Å². The summed E-state index contributed by atoms with van der Waals surface area (Å²) in [7, 11) is 0. The molecule has 0 bridgehead atoms. The number of rotatable bonds is 2. The van der Waals surface area contributed by atoms with Gasteiger partial charge in [0, 0.05) is 6.20 Å². The molecule has 2 rings (SSSR count). The fourth-order valence-corrected chi connectivity index (χ4v) is 2.26. The number of nitrogens with zero attached hydrogens (tertiary/aromatic N) is 1. The number of aromatic nitrogens is 2. The van der Waals surface area contributed by atoms with E-state index in [9.17, 15) is 9.59 Å². The molecule has 2 N–H and O–H groups in total. The summed E-state index contributed by atoms with van der Waals surface area (Å²) in [6.07, 6.45) is 1.03. The number of hydrogen-bond donors (Lipinski definition) is 2. The topological polar surface area (TPSA) is 83.0 Å². The maximum Gasteiger partial charge on any atom is 0.345 e. The van der Waals surface area contributed by atoms with Crippen LogP contribution in [0.25, 0.3) is 10.6 Å². The summed E-state index contributed by atoms with van der Waals surface area (Å²) < 4.78 is 0.518. The van der Waals surface area contributed by atoms with Gasteiger partial charge in [0.15, 0.2) is 0 Å². The van der Waals surface area contributed by atoms with Gasteiger partial charge in [0.1, 0.15) is 5.56 Å². The van der Waals surface area contributed by atoms with Gasteiger partial charge in [0.25, 0.3) is 0 Å². The van der Waals surface area contributed by atoms with Crippen LogP contribution in [0.3, 0.4) is 0 Å². The molecule has 0 fully saturated rings. The molecule has 0 spiro atoms. The molecule has 0 aliphatic rings. The number of aromatic carboxylic acids is 1. The average molecular weight is 257 g/mol. The van der Waals surface area contributed by atoms with Crippen LogP contribution in [-0.4, -0.2) is 21.0 Å². The third-order valence-corrected chi connectivity index (χ3v) is 3.11. The molecular weight excluding hydrogens is 252 g/mol. The summed E-state index contributed by atoms with van der Waals surface area (Å²) in [6, 6.07) is 3.27. The van der Waals surface area contributed by atoms with E-state index in [0.29, 0.717) is 9.21 Å². The van der Waals surface area contributed by atoms with Crippen molar-refractivity contribution >= 4 is 28.9 Å². The number of carboxylic acids is 1. The zero-order chi connectivity index (χ0) is 11.7. The third kappa shape index (κ3) is 1.98. The van der Waals surface area contributed by atoms with Gasteiger partial charge in [-0.25, -0.2) is 14.6 Å². The molecule has 0 unspecified atom stereocenters. The van der Waals surface area contributed by atoms with Crippen molar-refractivity contribution < 1.29 is 9.90 Å². The maximum atomic E-state index is 11.1. The Labute approximate surface area is 98.4 Å². The zero-order valence-corrected chi connectivity index (χ0v) is 9.30. The molecule has 0 saturated carbocycles. The van der Waals surface area contributed by atoms with Crippen molar-refractivity contribution in [1.29, 1.82) is 0 Å². The zero-order valence-electron chi connectivity index (χ0n) is 7.73. The number of hydrogen-bond acceptors (Lipinski definition) is 4. The van der Waals surface area contributed by atoms with E-state index in [2.05, 4.69) is 9.97 Å². The number of nitrogens with one attached hydrogen (secondary N) is 1. The second-order valence-corrected chi connectivity index (χ2v) is 4.60. The normalized spacial score (nSPS) is 10.3. The number of halogens is 1. The summed E-state index contributed by atoms with van der Waals surface area (Å²) in [6.45, 7) is 0. The maximum absolute atomic E-state index is 11.1. The summed E-state index contributed by atoms with van der Waals surface area (Å²) in [5, 5.41) is 8.93. The number of thiophene rings is 1. The molecule has 0 aliphatic heterocycles. The van der Waals surface area contributed by atoms with E-state index in [-0.39, 0.29) is 11.3 Å². The van der Waals surface area contributed by atoms with E-state index in [1.807, 2.05) is 0 Å². The highest BCUT2D eigenvalue weighted by molar-refractivity contribution is 7.19. The molecule has 0 radical (unpaired) electrons. The van der Waals surface area contributed by atoms with Gasteiger partial charge in [-0.15, -0.1) is 11.3 Å².